The van der Waals surface area contributed by atoms with Crippen LogP contribution in [0.4, 0.5) is 4.39 Å². The van der Waals surface area contributed by atoms with E-state index in [1.165, 1.54) is 23.3 Å². The molecule has 2 aromatic rings. The van der Waals surface area contributed by atoms with Crippen molar-refractivity contribution in [2.24, 2.45) is 0 Å². The fourth-order valence-electron chi connectivity index (χ4n) is 2.12. The molecular formula is C18H21FO. The van der Waals surface area contributed by atoms with Crippen molar-refractivity contribution in [1.29, 1.82) is 0 Å². The minimum atomic E-state index is -0.218. The number of rotatable bonds is 5. The molecule has 2 rings (SSSR count). The van der Waals surface area contributed by atoms with Crippen LogP contribution in [0.5, 0.6) is 5.75 Å². The quantitative estimate of drug-likeness (QED) is 0.736. The van der Waals surface area contributed by atoms with E-state index in [9.17, 15) is 4.39 Å². The van der Waals surface area contributed by atoms with Crippen LogP contribution in [0.15, 0.2) is 42.5 Å². The van der Waals surface area contributed by atoms with E-state index >= 15 is 0 Å². The van der Waals surface area contributed by atoms with Crippen LogP contribution < -0.4 is 4.74 Å². The average molecular weight is 272 g/mol. The van der Waals surface area contributed by atoms with E-state index in [0.29, 0.717) is 12.5 Å². The lowest BCUT2D eigenvalue weighted by Gasteiger charge is -2.14. The van der Waals surface area contributed by atoms with Gasteiger partial charge < -0.3 is 4.74 Å². The first-order chi connectivity index (χ1) is 9.60. The van der Waals surface area contributed by atoms with Crippen molar-refractivity contribution < 1.29 is 9.13 Å². The van der Waals surface area contributed by atoms with Crippen LogP contribution in [0.25, 0.3) is 0 Å². The van der Waals surface area contributed by atoms with Crippen LogP contribution in [0.1, 0.15) is 43.4 Å². The molecule has 0 unspecified atom stereocenters. The van der Waals surface area contributed by atoms with Gasteiger partial charge in [-0.2, -0.15) is 0 Å². The van der Waals surface area contributed by atoms with Gasteiger partial charge in [-0.15, -0.1) is 0 Å². The van der Waals surface area contributed by atoms with Gasteiger partial charge in [-0.3, -0.25) is 0 Å². The zero-order valence-corrected chi connectivity index (χ0v) is 12.3. The number of benzene rings is 2. The summed E-state index contributed by atoms with van der Waals surface area (Å²) in [5.41, 5.74) is 3.52. The van der Waals surface area contributed by atoms with Crippen molar-refractivity contribution in [2.75, 3.05) is 0 Å². The van der Waals surface area contributed by atoms with Crippen LogP contribution in [-0.4, -0.2) is 0 Å². The number of ether oxygens (including phenoxy) is 1. The highest BCUT2D eigenvalue weighted by atomic mass is 19.1. The monoisotopic (exact) mass is 272 g/mol. The Morgan fingerprint density at radius 3 is 2.35 bits per heavy atom. The summed E-state index contributed by atoms with van der Waals surface area (Å²) in [7, 11) is 0. The minimum Gasteiger partial charge on any atom is -0.489 e. The molecule has 0 aliphatic heterocycles. The molecule has 106 valence electrons. The molecule has 0 amide bonds. The topological polar surface area (TPSA) is 9.23 Å². The molecule has 0 fully saturated rings. The lowest BCUT2D eigenvalue weighted by Crippen LogP contribution is -2.00. The summed E-state index contributed by atoms with van der Waals surface area (Å²) in [6.07, 6.45) is 0.944. The van der Waals surface area contributed by atoms with Gasteiger partial charge in [-0.1, -0.05) is 45.0 Å². The highest BCUT2D eigenvalue weighted by Gasteiger charge is 2.06. The van der Waals surface area contributed by atoms with E-state index in [0.717, 1.165) is 17.7 Å². The van der Waals surface area contributed by atoms with Crippen LogP contribution in [0.3, 0.4) is 0 Å². The molecule has 0 spiro atoms. The molecule has 0 radical (unpaired) electrons. The second-order valence-corrected chi connectivity index (χ2v) is 5.29. The van der Waals surface area contributed by atoms with E-state index in [1.54, 1.807) is 12.1 Å². The van der Waals surface area contributed by atoms with Crippen molar-refractivity contribution in [3.05, 3.63) is 65.0 Å². The van der Waals surface area contributed by atoms with Crippen LogP contribution in [-0.2, 0) is 13.0 Å². The zero-order chi connectivity index (χ0) is 14.5. The fraction of sp³-hybridized carbons (Fsp3) is 0.333. The van der Waals surface area contributed by atoms with E-state index in [-0.39, 0.29) is 5.82 Å². The largest absolute Gasteiger partial charge is 0.489 e. The first kappa shape index (κ1) is 14.6. The summed E-state index contributed by atoms with van der Waals surface area (Å²) in [6, 6.07) is 12.8. The highest BCUT2D eigenvalue weighted by molar-refractivity contribution is 5.38. The Morgan fingerprint density at radius 1 is 1.05 bits per heavy atom. The standard InChI is InChI=1S/C18H21FO/c1-4-15-11-16(13(2)3)7-10-18(15)20-12-14-5-8-17(19)9-6-14/h5-11,13H,4,12H2,1-3H3. The van der Waals surface area contributed by atoms with E-state index in [4.69, 9.17) is 4.74 Å². The van der Waals surface area contributed by atoms with Crippen molar-refractivity contribution in [2.45, 2.75) is 39.7 Å². The summed E-state index contributed by atoms with van der Waals surface area (Å²) in [5.74, 6) is 1.22. The second-order valence-electron chi connectivity index (χ2n) is 5.29. The molecule has 0 saturated heterocycles. The lowest BCUT2D eigenvalue weighted by molar-refractivity contribution is 0.303. The Balaban J connectivity index is 2.10. The van der Waals surface area contributed by atoms with E-state index < -0.39 is 0 Å². The molecule has 0 aliphatic carbocycles. The van der Waals surface area contributed by atoms with Crippen molar-refractivity contribution in [3.8, 4) is 5.75 Å². The molecule has 0 saturated carbocycles. The van der Waals surface area contributed by atoms with Gasteiger partial charge in [0.1, 0.15) is 18.2 Å². The molecule has 0 bridgehead atoms. The molecular weight excluding hydrogens is 251 g/mol. The smallest absolute Gasteiger partial charge is 0.123 e. The number of halogens is 1. The van der Waals surface area contributed by atoms with Crippen molar-refractivity contribution in [3.63, 3.8) is 0 Å². The van der Waals surface area contributed by atoms with E-state index in [2.05, 4.69) is 32.9 Å². The molecule has 2 aromatic carbocycles. The molecule has 0 N–H and O–H groups in total. The predicted octanol–water partition coefficient (Wildman–Crippen LogP) is 5.09. The predicted molar refractivity (Wildman–Crippen MR) is 80.6 cm³/mol. The third-order valence-corrected chi connectivity index (χ3v) is 3.44. The van der Waals surface area contributed by atoms with Crippen LogP contribution in [0, 0.1) is 5.82 Å². The zero-order valence-electron chi connectivity index (χ0n) is 12.3. The Bertz CT molecular complexity index is 558. The Morgan fingerprint density at radius 2 is 1.75 bits per heavy atom. The summed E-state index contributed by atoms with van der Waals surface area (Å²) in [5, 5.41) is 0. The highest BCUT2D eigenvalue weighted by Crippen LogP contribution is 2.25. The second kappa shape index (κ2) is 6.56. The summed E-state index contributed by atoms with van der Waals surface area (Å²) < 4.78 is 18.7. The summed E-state index contributed by atoms with van der Waals surface area (Å²) in [6.45, 7) is 6.97. The van der Waals surface area contributed by atoms with Crippen molar-refractivity contribution in [1.82, 2.24) is 0 Å². The van der Waals surface area contributed by atoms with Gasteiger partial charge in [0.15, 0.2) is 0 Å². The summed E-state index contributed by atoms with van der Waals surface area (Å²) >= 11 is 0. The third-order valence-electron chi connectivity index (χ3n) is 3.44. The third kappa shape index (κ3) is 3.60. The maximum Gasteiger partial charge on any atom is 0.123 e. The average Bonchev–Trinajstić information content (AvgIpc) is 2.46. The number of hydrogen-bond acceptors (Lipinski definition) is 1. The molecule has 0 aliphatic rings. The van der Waals surface area contributed by atoms with Gasteiger partial charge in [-0.05, 0) is 47.2 Å². The van der Waals surface area contributed by atoms with Crippen molar-refractivity contribution >= 4 is 0 Å². The molecule has 0 heterocycles. The summed E-state index contributed by atoms with van der Waals surface area (Å²) in [4.78, 5) is 0. The van der Waals surface area contributed by atoms with Gasteiger partial charge in [0.2, 0.25) is 0 Å². The Labute approximate surface area is 120 Å². The first-order valence-corrected chi connectivity index (χ1v) is 7.10. The fourth-order valence-corrected chi connectivity index (χ4v) is 2.12. The van der Waals surface area contributed by atoms with Crippen LogP contribution in [0.2, 0.25) is 0 Å². The van der Waals surface area contributed by atoms with Gasteiger partial charge >= 0.3 is 0 Å². The minimum absolute atomic E-state index is 0.218. The molecule has 1 nitrogen and oxygen atoms in total. The maximum atomic E-state index is 12.8. The Hall–Kier alpha value is -1.83. The number of aryl methyl sites for hydroxylation is 1. The van der Waals surface area contributed by atoms with Crippen LogP contribution >= 0.6 is 0 Å². The molecule has 0 atom stereocenters. The normalized spacial score (nSPS) is 10.8. The SMILES string of the molecule is CCc1cc(C(C)C)ccc1OCc1ccc(F)cc1. The van der Waals surface area contributed by atoms with Gasteiger partial charge in [0, 0.05) is 0 Å². The lowest BCUT2D eigenvalue weighted by atomic mass is 9.99. The van der Waals surface area contributed by atoms with Gasteiger partial charge in [-0.25, -0.2) is 4.39 Å². The molecule has 0 aromatic heterocycles. The molecule has 2 heteroatoms. The maximum absolute atomic E-state index is 12.8. The first-order valence-electron chi connectivity index (χ1n) is 7.10. The van der Waals surface area contributed by atoms with Gasteiger partial charge in [0.05, 0.1) is 0 Å². The molecule has 20 heavy (non-hydrogen) atoms. The number of hydrogen-bond donors (Lipinski definition) is 0. The Kier molecular flexibility index (Phi) is 4.78. The van der Waals surface area contributed by atoms with E-state index in [1.807, 2.05) is 6.07 Å². The van der Waals surface area contributed by atoms with Gasteiger partial charge in [0.25, 0.3) is 0 Å².